The first kappa shape index (κ1) is 30.7. The summed E-state index contributed by atoms with van der Waals surface area (Å²) in [4.78, 5) is 0. The van der Waals surface area contributed by atoms with Gasteiger partial charge in [0.1, 0.15) is 0 Å². The number of rotatable bonds is 1. The van der Waals surface area contributed by atoms with E-state index in [2.05, 4.69) is 177 Å². The van der Waals surface area contributed by atoms with Gasteiger partial charge in [0.2, 0.25) is 0 Å². The Hall–Kier alpha value is -6.58. The molecule has 262 valence electrons. The molecule has 0 N–H and O–H groups in total. The molecule has 0 bridgehead atoms. The largest absolute Gasteiger partial charge is 0.310 e. The van der Waals surface area contributed by atoms with Crippen LogP contribution in [0.3, 0.4) is 0 Å². The minimum Gasteiger partial charge on any atom is -0.310 e. The van der Waals surface area contributed by atoms with E-state index in [9.17, 15) is 0 Å². The van der Waals surface area contributed by atoms with Crippen LogP contribution >= 0.6 is 0 Å². The van der Waals surface area contributed by atoms with E-state index in [1.807, 2.05) is 0 Å². The monoisotopic (exact) mass is 712 g/mol. The summed E-state index contributed by atoms with van der Waals surface area (Å²) in [6, 6.07) is 51.6. The van der Waals surface area contributed by atoms with Crippen LogP contribution in [0.1, 0.15) is 27.8 Å². The van der Waals surface area contributed by atoms with E-state index >= 15 is 0 Å². The van der Waals surface area contributed by atoms with Crippen molar-refractivity contribution in [1.29, 1.82) is 0 Å². The van der Waals surface area contributed by atoms with Crippen molar-refractivity contribution in [3.63, 3.8) is 0 Å². The number of nitrogens with zero attached hydrogens (tertiary/aromatic N) is 2. The smallest absolute Gasteiger partial charge is 0.252 e. The highest BCUT2D eigenvalue weighted by molar-refractivity contribution is 7.00. The highest BCUT2D eigenvalue weighted by Crippen LogP contribution is 2.46. The first-order valence-corrected chi connectivity index (χ1v) is 20.0. The molecule has 13 rings (SSSR count). The minimum absolute atomic E-state index is 0.0768. The van der Waals surface area contributed by atoms with Gasteiger partial charge < -0.3 is 9.13 Å². The zero-order valence-corrected chi connectivity index (χ0v) is 32.2. The van der Waals surface area contributed by atoms with Crippen LogP contribution in [-0.4, -0.2) is 15.8 Å². The third-order valence-corrected chi connectivity index (χ3v) is 13.4. The van der Waals surface area contributed by atoms with Crippen molar-refractivity contribution in [3.8, 4) is 22.5 Å². The molecule has 2 aromatic heterocycles. The SMILES string of the molecule is Cc1cc2c3c(c1)-n1c4cc(-c5c(C)cccc5C)ccc4c4c5c6ccccc6c6ccccc6c5cc(c41)B3c1cc(C)cc3c4cc(C)ccc4n-2c13. The van der Waals surface area contributed by atoms with Gasteiger partial charge in [-0.2, -0.15) is 0 Å². The van der Waals surface area contributed by atoms with Crippen molar-refractivity contribution >= 4 is 99.0 Å². The summed E-state index contributed by atoms with van der Waals surface area (Å²) in [5, 5.41) is 13.3. The molecule has 0 atom stereocenters. The summed E-state index contributed by atoms with van der Waals surface area (Å²) in [6.45, 7) is 11.4. The lowest BCUT2D eigenvalue weighted by molar-refractivity contribution is 1.13. The molecule has 2 aliphatic heterocycles. The molecular formula is C53H37BN2. The Bertz CT molecular complexity index is 3630. The molecule has 0 unspecified atom stereocenters. The van der Waals surface area contributed by atoms with E-state index in [4.69, 9.17) is 0 Å². The second kappa shape index (κ2) is 10.4. The summed E-state index contributed by atoms with van der Waals surface area (Å²) in [7, 11) is 0. The normalized spacial score (nSPS) is 13.1. The molecule has 56 heavy (non-hydrogen) atoms. The van der Waals surface area contributed by atoms with Gasteiger partial charge in [0.05, 0.1) is 16.6 Å². The van der Waals surface area contributed by atoms with Crippen molar-refractivity contribution in [2.24, 2.45) is 0 Å². The van der Waals surface area contributed by atoms with Crippen LogP contribution in [0.15, 0.2) is 133 Å². The predicted molar refractivity (Wildman–Crippen MR) is 241 cm³/mol. The zero-order chi connectivity index (χ0) is 37.3. The molecule has 0 amide bonds. The molecule has 2 nitrogen and oxygen atoms in total. The van der Waals surface area contributed by atoms with Crippen molar-refractivity contribution in [3.05, 3.63) is 161 Å². The Morgan fingerprint density at radius 1 is 0.393 bits per heavy atom. The average molecular weight is 713 g/mol. The Morgan fingerprint density at radius 3 is 1.77 bits per heavy atom. The molecule has 0 spiro atoms. The fourth-order valence-electron chi connectivity index (χ4n) is 11.3. The molecule has 0 fully saturated rings. The maximum Gasteiger partial charge on any atom is 0.252 e. The summed E-state index contributed by atoms with van der Waals surface area (Å²) in [6.07, 6.45) is 0. The van der Waals surface area contributed by atoms with Gasteiger partial charge in [0, 0.05) is 43.8 Å². The number of aromatic nitrogens is 2. The molecule has 0 saturated heterocycles. The molecule has 0 radical (unpaired) electrons. The van der Waals surface area contributed by atoms with Crippen LogP contribution in [0.4, 0.5) is 0 Å². The quantitative estimate of drug-likeness (QED) is 0.118. The average Bonchev–Trinajstić information content (AvgIpc) is 3.71. The highest BCUT2D eigenvalue weighted by Gasteiger charge is 2.42. The van der Waals surface area contributed by atoms with Crippen molar-refractivity contribution in [2.45, 2.75) is 34.6 Å². The Morgan fingerprint density at radius 2 is 1.02 bits per heavy atom. The second-order valence-corrected chi connectivity index (χ2v) is 16.8. The third-order valence-electron chi connectivity index (χ3n) is 13.4. The standard InChI is InChI=1S/C53H37BN2/c1-28-17-20-44-39(21-28)41-22-29(2)23-42-52(41)55(44)46-24-30(3)25-47-51(46)54(42)43-27-40-36-15-7-6-13-34(36)35-14-8-9-16-37(35)49(40)50-38-19-18-33(26-45(38)56(47)53(43)50)48-31(4)11-10-12-32(48)5/h6-27H,1-5H3. The first-order valence-electron chi connectivity index (χ1n) is 20.0. The number of benzene rings is 9. The van der Waals surface area contributed by atoms with Gasteiger partial charge in [0.15, 0.2) is 0 Å². The molecule has 2 aliphatic rings. The first-order chi connectivity index (χ1) is 27.4. The molecule has 0 saturated carbocycles. The van der Waals surface area contributed by atoms with E-state index in [1.165, 1.54) is 143 Å². The van der Waals surface area contributed by atoms with Crippen LogP contribution in [0.25, 0.3) is 98.4 Å². The summed E-state index contributed by atoms with van der Waals surface area (Å²) < 4.78 is 5.26. The van der Waals surface area contributed by atoms with Crippen LogP contribution in [0.2, 0.25) is 0 Å². The molecule has 9 aromatic carbocycles. The van der Waals surface area contributed by atoms with E-state index in [0.29, 0.717) is 0 Å². The molecule has 4 heterocycles. The lowest BCUT2D eigenvalue weighted by Gasteiger charge is -2.34. The fraction of sp³-hybridized carbons (Fsp3) is 0.0943. The predicted octanol–water partition coefficient (Wildman–Crippen LogP) is 11.7. The Kier molecular flexibility index (Phi) is 5.69. The van der Waals surface area contributed by atoms with Crippen LogP contribution in [0.5, 0.6) is 0 Å². The summed E-state index contributed by atoms with van der Waals surface area (Å²) in [5.41, 5.74) is 21.2. The second-order valence-electron chi connectivity index (χ2n) is 16.8. The molecule has 11 aromatic rings. The molecular weight excluding hydrogens is 675 g/mol. The summed E-state index contributed by atoms with van der Waals surface area (Å²) in [5.74, 6) is 0. The minimum atomic E-state index is 0.0768. The molecule has 0 aliphatic carbocycles. The lowest BCUT2D eigenvalue weighted by Crippen LogP contribution is -2.59. The van der Waals surface area contributed by atoms with E-state index < -0.39 is 0 Å². The topological polar surface area (TPSA) is 9.86 Å². The highest BCUT2D eigenvalue weighted by atomic mass is 15.0. The third kappa shape index (κ3) is 3.65. The number of hydrogen-bond donors (Lipinski definition) is 0. The van der Waals surface area contributed by atoms with E-state index in [1.54, 1.807) is 0 Å². The number of aryl methyl sites for hydroxylation is 5. The van der Waals surface area contributed by atoms with Gasteiger partial charge in [-0.1, -0.05) is 108 Å². The van der Waals surface area contributed by atoms with Gasteiger partial charge in [-0.15, -0.1) is 0 Å². The van der Waals surface area contributed by atoms with Crippen molar-refractivity contribution in [2.75, 3.05) is 0 Å². The maximum atomic E-state index is 2.66. The van der Waals surface area contributed by atoms with Gasteiger partial charge in [-0.05, 0) is 142 Å². The molecule has 3 heteroatoms. The summed E-state index contributed by atoms with van der Waals surface area (Å²) >= 11 is 0. The van der Waals surface area contributed by atoms with Gasteiger partial charge in [-0.3, -0.25) is 0 Å². The Labute approximate surface area is 325 Å². The van der Waals surface area contributed by atoms with Crippen LogP contribution < -0.4 is 16.4 Å². The van der Waals surface area contributed by atoms with Gasteiger partial charge in [0.25, 0.3) is 6.71 Å². The lowest BCUT2D eigenvalue weighted by atomic mass is 9.34. The van der Waals surface area contributed by atoms with Gasteiger partial charge in [-0.25, -0.2) is 0 Å². The Balaban J connectivity index is 1.31. The van der Waals surface area contributed by atoms with E-state index in [0.717, 1.165) is 0 Å². The number of hydrogen-bond acceptors (Lipinski definition) is 0. The van der Waals surface area contributed by atoms with E-state index in [-0.39, 0.29) is 6.71 Å². The maximum absolute atomic E-state index is 2.66. The zero-order valence-electron chi connectivity index (χ0n) is 32.2. The number of fused-ring (bicyclic) bond motifs is 17. The van der Waals surface area contributed by atoms with Gasteiger partial charge >= 0.3 is 0 Å². The van der Waals surface area contributed by atoms with Crippen molar-refractivity contribution < 1.29 is 0 Å². The van der Waals surface area contributed by atoms with Crippen molar-refractivity contribution in [1.82, 2.24) is 9.13 Å². The van der Waals surface area contributed by atoms with Crippen LogP contribution in [0, 0.1) is 34.6 Å². The fourth-order valence-corrected chi connectivity index (χ4v) is 11.3. The van der Waals surface area contributed by atoms with Crippen LogP contribution in [-0.2, 0) is 0 Å².